The summed E-state index contributed by atoms with van der Waals surface area (Å²) < 4.78 is 5.18. The third kappa shape index (κ3) is 3.20. The fourth-order valence-corrected chi connectivity index (χ4v) is 4.01. The number of aryl methyl sites for hydroxylation is 1. The van der Waals surface area contributed by atoms with Gasteiger partial charge in [-0.2, -0.15) is 11.3 Å². The maximum Gasteiger partial charge on any atom is 0.317 e. The Kier molecular flexibility index (Phi) is 4.95. The normalized spacial score (nSPS) is 20.6. The molecule has 0 saturated heterocycles. The molecule has 0 fully saturated rings. The molecule has 1 aromatic heterocycles. The van der Waals surface area contributed by atoms with E-state index in [1.165, 1.54) is 0 Å². The molecule has 124 valence electrons. The van der Waals surface area contributed by atoms with Crippen molar-refractivity contribution in [2.75, 3.05) is 6.61 Å². The van der Waals surface area contributed by atoms with Crippen molar-refractivity contribution in [3.8, 4) is 0 Å². The number of benzene rings is 1. The number of allylic oxidation sites excluding steroid dienone is 2. The first kappa shape index (κ1) is 16.7. The third-order valence-electron chi connectivity index (χ3n) is 4.49. The number of thiophene rings is 1. The topological polar surface area (TPSA) is 43.4 Å². The molecule has 0 unspecified atom stereocenters. The summed E-state index contributed by atoms with van der Waals surface area (Å²) in [7, 11) is 0. The van der Waals surface area contributed by atoms with E-state index in [-0.39, 0.29) is 18.3 Å². The highest BCUT2D eigenvalue weighted by molar-refractivity contribution is 7.08. The molecule has 1 aromatic carbocycles. The van der Waals surface area contributed by atoms with Gasteiger partial charge in [-0.3, -0.25) is 9.59 Å². The number of carbonyl (C=O) groups is 2. The summed E-state index contributed by atoms with van der Waals surface area (Å²) in [5.41, 5.74) is 4.20. The largest absolute Gasteiger partial charge is 0.465 e. The molecule has 24 heavy (non-hydrogen) atoms. The summed E-state index contributed by atoms with van der Waals surface area (Å²) in [6.07, 6.45) is 2.29. The fraction of sp³-hybridized carbons (Fsp3) is 0.300. The fourth-order valence-electron chi connectivity index (χ4n) is 3.33. The number of ketones is 1. The van der Waals surface area contributed by atoms with Crippen LogP contribution in [0.1, 0.15) is 36.0 Å². The summed E-state index contributed by atoms with van der Waals surface area (Å²) in [6, 6.07) is 9.97. The smallest absolute Gasteiger partial charge is 0.317 e. The molecule has 0 radical (unpaired) electrons. The molecule has 0 N–H and O–H groups in total. The Bertz CT molecular complexity index is 774. The standard InChI is InChI=1S/C20H20O3S/c1-3-23-20(22)19-17(16-7-5-4-6-13(16)2)10-15(11-18(19)21)14-8-9-24-12-14/h4-9,11-12,17,19H,3,10H2,1-2H3/t17-,19+/m0/s1. The van der Waals surface area contributed by atoms with E-state index in [1.807, 2.05) is 48.0 Å². The van der Waals surface area contributed by atoms with E-state index in [4.69, 9.17) is 4.74 Å². The molecule has 1 aliphatic carbocycles. The second kappa shape index (κ2) is 7.14. The highest BCUT2D eigenvalue weighted by atomic mass is 32.1. The Hall–Kier alpha value is -2.20. The highest BCUT2D eigenvalue weighted by Gasteiger charge is 2.40. The second-order valence-electron chi connectivity index (χ2n) is 5.98. The average molecular weight is 340 g/mol. The lowest BCUT2D eigenvalue weighted by Gasteiger charge is -2.30. The van der Waals surface area contributed by atoms with Crippen molar-refractivity contribution in [2.45, 2.75) is 26.2 Å². The monoisotopic (exact) mass is 340 g/mol. The number of ether oxygens (including phenoxy) is 1. The van der Waals surface area contributed by atoms with Gasteiger partial charge in [0.15, 0.2) is 5.78 Å². The van der Waals surface area contributed by atoms with Crippen LogP contribution in [0.25, 0.3) is 5.57 Å². The number of rotatable bonds is 4. The SMILES string of the molecule is CCOC(=O)[C@H]1C(=O)C=C(c2ccsc2)C[C@H]1c1ccccc1C. The lowest BCUT2D eigenvalue weighted by molar-refractivity contribution is -0.151. The molecule has 1 aliphatic rings. The van der Waals surface area contributed by atoms with Gasteiger partial charge in [0.05, 0.1) is 6.61 Å². The molecule has 2 atom stereocenters. The molecule has 3 nitrogen and oxygen atoms in total. The van der Waals surface area contributed by atoms with Crippen molar-refractivity contribution in [1.29, 1.82) is 0 Å². The minimum atomic E-state index is -0.756. The van der Waals surface area contributed by atoms with Crippen LogP contribution in [0.15, 0.2) is 47.2 Å². The van der Waals surface area contributed by atoms with Gasteiger partial charge in [0.25, 0.3) is 0 Å². The first-order valence-electron chi connectivity index (χ1n) is 8.11. The van der Waals surface area contributed by atoms with Crippen LogP contribution in [0.4, 0.5) is 0 Å². The van der Waals surface area contributed by atoms with E-state index in [0.29, 0.717) is 6.42 Å². The summed E-state index contributed by atoms with van der Waals surface area (Å²) in [5.74, 6) is -1.52. The number of hydrogen-bond donors (Lipinski definition) is 0. The van der Waals surface area contributed by atoms with Gasteiger partial charge in [-0.15, -0.1) is 0 Å². The lowest BCUT2D eigenvalue weighted by atomic mass is 9.73. The summed E-state index contributed by atoms with van der Waals surface area (Å²) >= 11 is 1.61. The first-order valence-corrected chi connectivity index (χ1v) is 9.05. The van der Waals surface area contributed by atoms with Gasteiger partial charge in [-0.05, 0) is 65.4 Å². The predicted molar refractivity (Wildman–Crippen MR) is 96.0 cm³/mol. The third-order valence-corrected chi connectivity index (χ3v) is 5.17. The van der Waals surface area contributed by atoms with Gasteiger partial charge in [-0.25, -0.2) is 0 Å². The Morgan fingerprint density at radius 1 is 1.29 bits per heavy atom. The summed E-state index contributed by atoms with van der Waals surface area (Å²) in [5, 5.41) is 4.04. The Balaban J connectivity index is 2.04. The Labute approximate surface area is 146 Å². The molecule has 0 bridgehead atoms. The van der Waals surface area contributed by atoms with E-state index in [9.17, 15) is 9.59 Å². The minimum absolute atomic E-state index is 0.158. The van der Waals surface area contributed by atoms with Gasteiger partial charge in [-0.1, -0.05) is 24.3 Å². The molecule has 4 heteroatoms. The van der Waals surface area contributed by atoms with Crippen LogP contribution >= 0.6 is 11.3 Å². The van der Waals surface area contributed by atoms with Crippen molar-refractivity contribution >= 4 is 28.7 Å². The van der Waals surface area contributed by atoms with Crippen LogP contribution < -0.4 is 0 Å². The zero-order valence-electron chi connectivity index (χ0n) is 13.8. The summed E-state index contributed by atoms with van der Waals surface area (Å²) in [6.45, 7) is 4.06. The molecular weight excluding hydrogens is 320 g/mol. The average Bonchev–Trinajstić information content (AvgIpc) is 3.09. The van der Waals surface area contributed by atoms with E-state index < -0.39 is 11.9 Å². The van der Waals surface area contributed by atoms with Crippen molar-refractivity contribution in [3.63, 3.8) is 0 Å². The van der Waals surface area contributed by atoms with Gasteiger partial charge in [0.1, 0.15) is 5.92 Å². The minimum Gasteiger partial charge on any atom is -0.465 e. The molecule has 0 amide bonds. The molecule has 0 spiro atoms. The predicted octanol–water partition coefficient (Wildman–Crippen LogP) is 4.38. The first-order chi connectivity index (χ1) is 11.6. The number of hydrogen-bond acceptors (Lipinski definition) is 4. The van der Waals surface area contributed by atoms with E-state index >= 15 is 0 Å². The number of carbonyl (C=O) groups excluding carboxylic acids is 2. The second-order valence-corrected chi connectivity index (χ2v) is 6.76. The van der Waals surface area contributed by atoms with Crippen molar-refractivity contribution in [2.24, 2.45) is 5.92 Å². The quantitative estimate of drug-likeness (QED) is 0.613. The zero-order chi connectivity index (χ0) is 17.1. The maximum atomic E-state index is 12.7. The van der Waals surface area contributed by atoms with Crippen molar-refractivity contribution in [1.82, 2.24) is 0 Å². The molecule has 0 aliphatic heterocycles. The van der Waals surface area contributed by atoms with Crippen molar-refractivity contribution in [3.05, 3.63) is 63.9 Å². The maximum absolute atomic E-state index is 12.7. The van der Waals surface area contributed by atoms with Crippen LogP contribution in [0.5, 0.6) is 0 Å². The van der Waals surface area contributed by atoms with Crippen LogP contribution in [0.2, 0.25) is 0 Å². The Morgan fingerprint density at radius 3 is 2.75 bits per heavy atom. The van der Waals surface area contributed by atoms with Crippen LogP contribution in [-0.4, -0.2) is 18.4 Å². The molecule has 2 aromatic rings. The van der Waals surface area contributed by atoms with E-state index in [0.717, 1.165) is 22.3 Å². The van der Waals surface area contributed by atoms with Crippen LogP contribution in [0.3, 0.4) is 0 Å². The number of esters is 1. The van der Waals surface area contributed by atoms with Gasteiger partial charge >= 0.3 is 5.97 Å². The zero-order valence-corrected chi connectivity index (χ0v) is 14.6. The summed E-state index contributed by atoms with van der Waals surface area (Å²) in [4.78, 5) is 25.2. The molecule has 1 heterocycles. The van der Waals surface area contributed by atoms with Crippen LogP contribution in [0, 0.1) is 12.8 Å². The van der Waals surface area contributed by atoms with E-state index in [2.05, 4.69) is 0 Å². The Morgan fingerprint density at radius 2 is 2.08 bits per heavy atom. The molecule has 3 rings (SSSR count). The van der Waals surface area contributed by atoms with Crippen LogP contribution in [-0.2, 0) is 14.3 Å². The van der Waals surface area contributed by atoms with E-state index in [1.54, 1.807) is 24.3 Å². The molecule has 0 saturated carbocycles. The highest BCUT2D eigenvalue weighted by Crippen LogP contribution is 2.41. The lowest BCUT2D eigenvalue weighted by Crippen LogP contribution is -2.34. The molecular formula is C20H20O3S. The van der Waals surface area contributed by atoms with Gasteiger partial charge in [0.2, 0.25) is 0 Å². The van der Waals surface area contributed by atoms with Gasteiger partial charge in [0, 0.05) is 5.92 Å². The van der Waals surface area contributed by atoms with Gasteiger partial charge < -0.3 is 4.74 Å². The van der Waals surface area contributed by atoms with Crippen molar-refractivity contribution < 1.29 is 14.3 Å².